The van der Waals surface area contributed by atoms with Gasteiger partial charge in [0.15, 0.2) is 0 Å². The second kappa shape index (κ2) is 6.48. The molecule has 4 nitrogen and oxygen atoms in total. The third-order valence-corrected chi connectivity index (χ3v) is 1.90. The van der Waals surface area contributed by atoms with Crippen molar-refractivity contribution in [3.05, 3.63) is 42.0 Å². The fourth-order valence-corrected chi connectivity index (χ4v) is 1.23. The first-order chi connectivity index (χ1) is 8.11. The predicted molar refractivity (Wildman–Crippen MR) is 66.7 cm³/mol. The van der Waals surface area contributed by atoms with Gasteiger partial charge < -0.3 is 9.84 Å². The lowest BCUT2D eigenvalue weighted by Gasteiger charge is -2.02. The minimum Gasteiger partial charge on any atom is -0.478 e. The SMILES string of the molecule is CCOC(/C=C\C(=O)O)=Nc1cccc(C)c1. The molecule has 0 aliphatic rings. The van der Waals surface area contributed by atoms with Gasteiger partial charge in [-0.25, -0.2) is 9.79 Å². The maximum Gasteiger partial charge on any atom is 0.328 e. The molecule has 0 bridgehead atoms. The number of hydrogen-bond acceptors (Lipinski definition) is 3. The van der Waals surface area contributed by atoms with Gasteiger partial charge in [0.1, 0.15) is 0 Å². The zero-order valence-electron chi connectivity index (χ0n) is 9.88. The Morgan fingerprint density at radius 1 is 1.47 bits per heavy atom. The lowest BCUT2D eigenvalue weighted by Crippen LogP contribution is -2.01. The Kier molecular flexibility index (Phi) is 4.94. The Hall–Kier alpha value is -2.10. The van der Waals surface area contributed by atoms with Gasteiger partial charge in [0.2, 0.25) is 5.90 Å². The monoisotopic (exact) mass is 233 g/mol. The number of carboxylic acids is 1. The molecule has 90 valence electrons. The summed E-state index contributed by atoms with van der Waals surface area (Å²) in [5, 5.41) is 8.54. The highest BCUT2D eigenvalue weighted by atomic mass is 16.5. The molecule has 1 aromatic rings. The van der Waals surface area contributed by atoms with E-state index in [1.165, 1.54) is 6.08 Å². The Morgan fingerprint density at radius 2 is 2.24 bits per heavy atom. The largest absolute Gasteiger partial charge is 0.478 e. The van der Waals surface area contributed by atoms with E-state index in [1.807, 2.05) is 38.1 Å². The third kappa shape index (κ3) is 4.97. The van der Waals surface area contributed by atoms with E-state index >= 15 is 0 Å². The Labute approximate surface area is 100 Å². The summed E-state index contributed by atoms with van der Waals surface area (Å²) in [4.78, 5) is 14.6. The Morgan fingerprint density at radius 3 is 2.82 bits per heavy atom. The fraction of sp³-hybridized carbons (Fsp3) is 0.231. The van der Waals surface area contributed by atoms with Crippen LogP contribution in [0.2, 0.25) is 0 Å². The van der Waals surface area contributed by atoms with E-state index in [2.05, 4.69) is 4.99 Å². The number of aryl methyl sites for hydroxylation is 1. The van der Waals surface area contributed by atoms with Crippen LogP contribution < -0.4 is 0 Å². The average molecular weight is 233 g/mol. The highest BCUT2D eigenvalue weighted by Crippen LogP contribution is 2.14. The van der Waals surface area contributed by atoms with Gasteiger partial charge in [-0.1, -0.05) is 12.1 Å². The number of nitrogens with zero attached hydrogens (tertiary/aromatic N) is 1. The van der Waals surface area contributed by atoms with Crippen molar-refractivity contribution in [1.82, 2.24) is 0 Å². The van der Waals surface area contributed by atoms with Crippen molar-refractivity contribution in [2.24, 2.45) is 4.99 Å². The first kappa shape index (κ1) is 13.0. The summed E-state index contributed by atoms with van der Waals surface area (Å²) >= 11 is 0. The van der Waals surface area contributed by atoms with E-state index in [-0.39, 0.29) is 0 Å². The topological polar surface area (TPSA) is 58.9 Å². The maximum absolute atomic E-state index is 10.4. The van der Waals surface area contributed by atoms with E-state index in [0.29, 0.717) is 12.5 Å². The lowest BCUT2D eigenvalue weighted by atomic mass is 10.2. The van der Waals surface area contributed by atoms with Crippen LogP contribution in [0.15, 0.2) is 41.4 Å². The second-order valence-electron chi connectivity index (χ2n) is 3.39. The summed E-state index contributed by atoms with van der Waals surface area (Å²) in [6, 6.07) is 7.58. The van der Waals surface area contributed by atoms with Crippen LogP contribution in [0, 0.1) is 6.92 Å². The van der Waals surface area contributed by atoms with Gasteiger partial charge in [-0.3, -0.25) is 0 Å². The molecule has 0 aromatic heterocycles. The van der Waals surface area contributed by atoms with Gasteiger partial charge in [-0.05, 0) is 31.5 Å². The van der Waals surface area contributed by atoms with Gasteiger partial charge in [-0.2, -0.15) is 0 Å². The van der Waals surface area contributed by atoms with Crippen molar-refractivity contribution < 1.29 is 14.6 Å². The number of aliphatic carboxylic acids is 1. The Balaban J connectivity index is 2.93. The minimum atomic E-state index is -1.03. The van der Waals surface area contributed by atoms with Crippen molar-refractivity contribution in [3.8, 4) is 0 Å². The summed E-state index contributed by atoms with van der Waals surface area (Å²) in [5.41, 5.74) is 1.83. The molecule has 0 heterocycles. The molecule has 0 spiro atoms. The van der Waals surface area contributed by atoms with Crippen molar-refractivity contribution in [2.45, 2.75) is 13.8 Å². The fourth-order valence-electron chi connectivity index (χ4n) is 1.23. The molecule has 1 N–H and O–H groups in total. The molecule has 0 amide bonds. The zero-order valence-corrected chi connectivity index (χ0v) is 9.88. The highest BCUT2D eigenvalue weighted by Gasteiger charge is 1.97. The third-order valence-electron chi connectivity index (χ3n) is 1.90. The van der Waals surface area contributed by atoms with Crippen LogP contribution in [0.5, 0.6) is 0 Å². The average Bonchev–Trinajstić information content (AvgIpc) is 2.26. The van der Waals surface area contributed by atoms with Crippen molar-refractivity contribution in [3.63, 3.8) is 0 Å². The van der Waals surface area contributed by atoms with E-state index in [1.54, 1.807) is 0 Å². The molecular weight excluding hydrogens is 218 g/mol. The lowest BCUT2D eigenvalue weighted by molar-refractivity contribution is -0.131. The highest BCUT2D eigenvalue weighted by molar-refractivity contribution is 5.95. The predicted octanol–water partition coefficient (Wildman–Crippen LogP) is 2.70. The number of hydrogen-bond donors (Lipinski definition) is 1. The van der Waals surface area contributed by atoms with Crippen LogP contribution in [0.4, 0.5) is 5.69 Å². The summed E-state index contributed by atoms with van der Waals surface area (Å²) in [6.07, 6.45) is 2.35. The molecule has 1 aromatic carbocycles. The summed E-state index contributed by atoms with van der Waals surface area (Å²) in [7, 11) is 0. The summed E-state index contributed by atoms with van der Waals surface area (Å²) in [5.74, 6) is -0.734. The van der Waals surface area contributed by atoms with Crippen LogP contribution in [0.25, 0.3) is 0 Å². The molecule has 17 heavy (non-hydrogen) atoms. The molecule has 0 saturated carbocycles. The standard InChI is InChI=1S/C13H15NO3/c1-3-17-12(7-8-13(15)16)14-11-6-4-5-10(2)9-11/h4-9H,3H2,1-2H3,(H,15,16)/b8-7-,14-12?. The number of carboxylic acid groups (broad SMARTS) is 1. The molecule has 4 heteroatoms. The van der Waals surface area contributed by atoms with Crippen LogP contribution in [0.3, 0.4) is 0 Å². The number of carbonyl (C=O) groups is 1. The quantitative estimate of drug-likeness (QED) is 0.494. The molecule has 0 atom stereocenters. The number of ether oxygens (including phenoxy) is 1. The molecule has 0 saturated heterocycles. The molecule has 0 unspecified atom stereocenters. The second-order valence-corrected chi connectivity index (χ2v) is 3.39. The van der Waals surface area contributed by atoms with Crippen LogP contribution in [0.1, 0.15) is 12.5 Å². The van der Waals surface area contributed by atoms with E-state index in [9.17, 15) is 4.79 Å². The van der Waals surface area contributed by atoms with Gasteiger partial charge in [0.05, 0.1) is 12.3 Å². The normalized spacial score (nSPS) is 11.8. The number of benzene rings is 1. The van der Waals surface area contributed by atoms with Gasteiger partial charge in [0.25, 0.3) is 0 Å². The van der Waals surface area contributed by atoms with Crippen molar-refractivity contribution in [1.29, 1.82) is 0 Å². The van der Waals surface area contributed by atoms with Gasteiger partial charge >= 0.3 is 5.97 Å². The van der Waals surface area contributed by atoms with Gasteiger partial charge in [-0.15, -0.1) is 0 Å². The molecular formula is C13H15NO3. The smallest absolute Gasteiger partial charge is 0.328 e. The zero-order chi connectivity index (χ0) is 12.7. The van der Waals surface area contributed by atoms with E-state index in [0.717, 1.165) is 17.3 Å². The van der Waals surface area contributed by atoms with Crippen LogP contribution in [-0.4, -0.2) is 23.6 Å². The van der Waals surface area contributed by atoms with Crippen LogP contribution >= 0.6 is 0 Å². The summed E-state index contributed by atoms with van der Waals surface area (Å²) < 4.78 is 5.24. The first-order valence-corrected chi connectivity index (χ1v) is 5.31. The number of rotatable bonds is 4. The van der Waals surface area contributed by atoms with Crippen molar-refractivity contribution >= 4 is 17.6 Å². The van der Waals surface area contributed by atoms with Crippen LogP contribution in [-0.2, 0) is 9.53 Å². The van der Waals surface area contributed by atoms with E-state index < -0.39 is 5.97 Å². The maximum atomic E-state index is 10.4. The molecule has 0 fully saturated rings. The summed E-state index contributed by atoms with van der Waals surface area (Å²) in [6.45, 7) is 4.22. The van der Waals surface area contributed by atoms with Crippen molar-refractivity contribution in [2.75, 3.05) is 6.61 Å². The molecule has 0 aliphatic heterocycles. The molecule has 0 aliphatic carbocycles. The molecule has 1 rings (SSSR count). The van der Waals surface area contributed by atoms with E-state index in [4.69, 9.17) is 9.84 Å². The Bertz CT molecular complexity index is 450. The van der Waals surface area contributed by atoms with Gasteiger partial charge in [0, 0.05) is 12.2 Å². The number of aliphatic imine (C=N–C) groups is 1. The molecule has 0 radical (unpaired) electrons. The first-order valence-electron chi connectivity index (χ1n) is 5.31. The minimum absolute atomic E-state index is 0.292.